The fourth-order valence-electron chi connectivity index (χ4n) is 2.98. The molecule has 1 saturated heterocycles. The van der Waals surface area contributed by atoms with Gasteiger partial charge in [0, 0.05) is 19.5 Å². The van der Waals surface area contributed by atoms with E-state index in [1.807, 2.05) is 22.6 Å². The van der Waals surface area contributed by atoms with Crippen molar-refractivity contribution in [3.05, 3.63) is 62.2 Å². The minimum atomic E-state index is -1.17. The number of aliphatic carboxylic acids is 1. The second kappa shape index (κ2) is 10.8. The van der Waals surface area contributed by atoms with Crippen molar-refractivity contribution in [1.29, 1.82) is 0 Å². The van der Waals surface area contributed by atoms with Gasteiger partial charge in [-0.2, -0.15) is 0 Å². The SMILES string of the molecule is O=C(N[C@@H](Cc1ccc(OC(=O)N2CCOCC2)c(I)c1)C(=O)O)c1ccccc1Cl. The molecule has 2 N–H and O–H groups in total. The van der Waals surface area contributed by atoms with Crippen LogP contribution in [0.1, 0.15) is 15.9 Å². The molecule has 0 spiro atoms. The van der Waals surface area contributed by atoms with E-state index < -0.39 is 24.0 Å². The maximum Gasteiger partial charge on any atom is 0.415 e. The molecule has 10 heteroatoms. The Kier molecular flexibility index (Phi) is 8.10. The summed E-state index contributed by atoms with van der Waals surface area (Å²) in [5.74, 6) is -1.35. The van der Waals surface area contributed by atoms with Crippen LogP contribution in [-0.2, 0) is 16.0 Å². The van der Waals surface area contributed by atoms with Crippen molar-refractivity contribution in [3.8, 4) is 5.75 Å². The molecule has 8 nitrogen and oxygen atoms in total. The highest BCUT2D eigenvalue weighted by Gasteiger charge is 2.23. The second-order valence-corrected chi connectivity index (χ2v) is 8.35. The van der Waals surface area contributed by atoms with Crippen LogP contribution in [-0.4, -0.2) is 60.3 Å². The molecule has 0 saturated carbocycles. The molecule has 1 fully saturated rings. The number of hydrogen-bond donors (Lipinski definition) is 2. The Morgan fingerprint density at radius 1 is 1.19 bits per heavy atom. The predicted octanol–water partition coefficient (Wildman–Crippen LogP) is 3.20. The Morgan fingerprint density at radius 2 is 1.90 bits per heavy atom. The number of benzene rings is 2. The first-order chi connectivity index (χ1) is 14.8. The van der Waals surface area contributed by atoms with E-state index in [1.165, 1.54) is 6.07 Å². The molecule has 0 bridgehead atoms. The summed E-state index contributed by atoms with van der Waals surface area (Å²) in [7, 11) is 0. The smallest absolute Gasteiger partial charge is 0.415 e. The molecule has 2 aromatic carbocycles. The third kappa shape index (κ3) is 6.31. The van der Waals surface area contributed by atoms with Crippen LogP contribution >= 0.6 is 34.2 Å². The van der Waals surface area contributed by atoms with E-state index in [0.29, 0.717) is 41.2 Å². The Bertz CT molecular complexity index is 980. The lowest BCUT2D eigenvalue weighted by molar-refractivity contribution is -0.139. The highest BCUT2D eigenvalue weighted by Crippen LogP contribution is 2.24. The molecule has 0 radical (unpaired) electrons. The molecule has 1 heterocycles. The minimum Gasteiger partial charge on any atom is -0.480 e. The van der Waals surface area contributed by atoms with Gasteiger partial charge in [-0.25, -0.2) is 9.59 Å². The van der Waals surface area contributed by atoms with Crippen LogP contribution in [0, 0.1) is 3.57 Å². The van der Waals surface area contributed by atoms with Gasteiger partial charge in [0.2, 0.25) is 0 Å². The van der Waals surface area contributed by atoms with Crippen molar-refractivity contribution in [1.82, 2.24) is 10.2 Å². The average Bonchev–Trinajstić information content (AvgIpc) is 2.75. The molecule has 0 unspecified atom stereocenters. The zero-order chi connectivity index (χ0) is 22.4. The van der Waals surface area contributed by atoms with Gasteiger partial charge in [-0.15, -0.1) is 0 Å². The van der Waals surface area contributed by atoms with E-state index in [2.05, 4.69) is 5.32 Å². The molecule has 0 aliphatic carbocycles. The topological polar surface area (TPSA) is 105 Å². The van der Waals surface area contributed by atoms with E-state index in [4.69, 9.17) is 21.1 Å². The molecule has 1 aliphatic rings. The summed E-state index contributed by atoms with van der Waals surface area (Å²) in [6.45, 7) is 1.89. The molecule has 2 aromatic rings. The van der Waals surface area contributed by atoms with Crippen LogP contribution in [0.25, 0.3) is 0 Å². The minimum absolute atomic E-state index is 0.0548. The number of ether oxygens (including phenoxy) is 2. The predicted molar refractivity (Wildman–Crippen MR) is 122 cm³/mol. The third-order valence-electron chi connectivity index (χ3n) is 4.62. The molecule has 0 aromatic heterocycles. The summed E-state index contributed by atoms with van der Waals surface area (Å²) in [4.78, 5) is 38.0. The van der Waals surface area contributed by atoms with Crippen LogP contribution in [0.4, 0.5) is 4.79 Å². The molecule has 3 rings (SSSR count). The maximum absolute atomic E-state index is 12.4. The van der Waals surface area contributed by atoms with E-state index in [9.17, 15) is 19.5 Å². The second-order valence-electron chi connectivity index (χ2n) is 6.78. The van der Waals surface area contributed by atoms with Gasteiger partial charge in [-0.3, -0.25) is 4.79 Å². The number of morpholine rings is 1. The molecule has 31 heavy (non-hydrogen) atoms. The quantitative estimate of drug-likeness (QED) is 0.528. The highest BCUT2D eigenvalue weighted by molar-refractivity contribution is 14.1. The Labute approximate surface area is 197 Å². The number of nitrogens with zero attached hydrogens (tertiary/aromatic N) is 1. The van der Waals surface area contributed by atoms with Crippen molar-refractivity contribution in [2.24, 2.45) is 0 Å². The van der Waals surface area contributed by atoms with Gasteiger partial charge in [0.25, 0.3) is 5.91 Å². The lowest BCUT2D eigenvalue weighted by atomic mass is 10.1. The van der Waals surface area contributed by atoms with E-state index in [0.717, 1.165) is 0 Å². The first-order valence-electron chi connectivity index (χ1n) is 9.46. The molecule has 1 atom stereocenters. The Hall–Kier alpha value is -2.37. The number of carboxylic acid groups (broad SMARTS) is 1. The third-order valence-corrected chi connectivity index (χ3v) is 5.80. The largest absolute Gasteiger partial charge is 0.480 e. The normalized spacial score (nSPS) is 14.6. The number of rotatable bonds is 6. The number of halogens is 2. The summed E-state index contributed by atoms with van der Waals surface area (Å²) in [5, 5.41) is 12.3. The van der Waals surface area contributed by atoms with Crippen molar-refractivity contribution in [2.45, 2.75) is 12.5 Å². The molecule has 1 aliphatic heterocycles. The van der Waals surface area contributed by atoms with Crippen molar-refractivity contribution in [2.75, 3.05) is 26.3 Å². The zero-order valence-electron chi connectivity index (χ0n) is 16.3. The highest BCUT2D eigenvalue weighted by atomic mass is 127. The van der Waals surface area contributed by atoms with Crippen LogP contribution < -0.4 is 10.1 Å². The Balaban J connectivity index is 1.66. The first-order valence-corrected chi connectivity index (χ1v) is 10.9. The van der Waals surface area contributed by atoms with Gasteiger partial charge in [0.15, 0.2) is 0 Å². The van der Waals surface area contributed by atoms with Crippen LogP contribution in [0.15, 0.2) is 42.5 Å². The monoisotopic (exact) mass is 558 g/mol. The number of carbonyl (C=O) groups is 3. The number of nitrogens with one attached hydrogen (secondary N) is 1. The fraction of sp³-hybridized carbons (Fsp3) is 0.286. The van der Waals surface area contributed by atoms with Crippen molar-refractivity contribution in [3.63, 3.8) is 0 Å². The molecule has 2 amide bonds. The molecular weight excluding hydrogens is 539 g/mol. The van der Waals surface area contributed by atoms with Gasteiger partial charge < -0.3 is 24.8 Å². The summed E-state index contributed by atoms with van der Waals surface area (Å²) in [6.07, 6.45) is -0.399. The number of hydrogen-bond acceptors (Lipinski definition) is 5. The van der Waals surface area contributed by atoms with Gasteiger partial charge in [-0.1, -0.05) is 29.8 Å². The zero-order valence-corrected chi connectivity index (χ0v) is 19.3. The van der Waals surface area contributed by atoms with Crippen molar-refractivity contribution < 1.29 is 29.0 Å². The standard InChI is InChI=1S/C21H20ClIN2O6/c22-15-4-2-1-3-14(15)19(26)24-17(20(27)28)12-13-5-6-18(16(23)11-13)31-21(29)25-7-9-30-10-8-25/h1-6,11,17H,7-10,12H2,(H,24,26)(H,27,28)/t17-/m0/s1. The van der Waals surface area contributed by atoms with Gasteiger partial charge in [0.1, 0.15) is 11.8 Å². The maximum atomic E-state index is 12.4. The first kappa shape index (κ1) is 23.3. The summed E-state index contributed by atoms with van der Waals surface area (Å²) in [6, 6.07) is 10.3. The van der Waals surface area contributed by atoms with Gasteiger partial charge >= 0.3 is 12.1 Å². The fourth-order valence-corrected chi connectivity index (χ4v) is 3.89. The van der Waals surface area contributed by atoms with E-state index >= 15 is 0 Å². The van der Waals surface area contributed by atoms with E-state index in [1.54, 1.807) is 41.3 Å². The lowest BCUT2D eigenvalue weighted by Gasteiger charge is -2.26. The number of carboxylic acids is 1. The van der Waals surface area contributed by atoms with E-state index in [-0.39, 0.29) is 17.0 Å². The summed E-state index contributed by atoms with van der Waals surface area (Å²) in [5.41, 5.74) is 0.873. The summed E-state index contributed by atoms with van der Waals surface area (Å²) < 4.78 is 11.3. The van der Waals surface area contributed by atoms with Crippen molar-refractivity contribution >= 4 is 52.2 Å². The van der Waals surface area contributed by atoms with Crippen LogP contribution in [0.5, 0.6) is 5.75 Å². The van der Waals surface area contributed by atoms with Crippen LogP contribution in [0.3, 0.4) is 0 Å². The molecule has 164 valence electrons. The number of amides is 2. The van der Waals surface area contributed by atoms with Gasteiger partial charge in [0.05, 0.1) is 27.4 Å². The average molecular weight is 559 g/mol. The van der Waals surface area contributed by atoms with Crippen LogP contribution in [0.2, 0.25) is 5.02 Å². The summed E-state index contributed by atoms with van der Waals surface area (Å²) >= 11 is 8.04. The Morgan fingerprint density at radius 3 is 2.55 bits per heavy atom. The van der Waals surface area contributed by atoms with Gasteiger partial charge in [-0.05, 0) is 52.4 Å². The molecular formula is C21H20ClIN2O6. The number of carbonyl (C=O) groups excluding carboxylic acids is 2. The lowest BCUT2D eigenvalue weighted by Crippen LogP contribution is -2.42.